The molecule has 11 heteroatoms. The number of fused-ring (bicyclic) bond motifs is 1. The first-order valence-electron chi connectivity index (χ1n) is 10.5. The number of carbonyl (C=O) groups is 1. The van der Waals surface area contributed by atoms with Crippen LogP contribution in [-0.2, 0) is 13.6 Å². The number of nitrogens with zero attached hydrogens (tertiary/aromatic N) is 2. The molecule has 4 aromatic rings. The van der Waals surface area contributed by atoms with E-state index in [1.54, 1.807) is 41.9 Å². The number of ether oxygens (including phenoxy) is 1. The molecule has 0 aliphatic heterocycles. The number of benzene rings is 3. The lowest BCUT2D eigenvalue weighted by atomic mass is 10.1. The Morgan fingerprint density at radius 2 is 1.94 bits per heavy atom. The normalized spacial score (nSPS) is 11.2. The van der Waals surface area contributed by atoms with Crippen LogP contribution in [0.1, 0.15) is 15.9 Å². The first-order valence-corrected chi connectivity index (χ1v) is 11.7. The number of nitrogens with one attached hydrogen (secondary N) is 2. The van der Waals surface area contributed by atoms with Gasteiger partial charge in [0.05, 0.1) is 27.3 Å². The van der Waals surface area contributed by atoms with Crippen LogP contribution in [-0.4, -0.2) is 28.5 Å². The van der Waals surface area contributed by atoms with E-state index >= 15 is 0 Å². The number of anilines is 3. The summed E-state index contributed by atoms with van der Waals surface area (Å²) in [6, 6.07) is 15.4. The van der Waals surface area contributed by atoms with Gasteiger partial charge in [-0.05, 0) is 48.0 Å². The van der Waals surface area contributed by atoms with Crippen molar-refractivity contribution in [2.75, 3.05) is 17.2 Å². The average Bonchev–Trinajstić information content (AvgIpc) is 3.14. The summed E-state index contributed by atoms with van der Waals surface area (Å²) in [5.74, 6) is -0.0659. The standard InChI is InChI=1S/C24H21BrClF2N5O2/c1-33-20-10-21(35-12-22(27)28)16(23(34)30-15-5-3-14(25)4-6-15)9-19(20)32-24(33)31-18-8-13(11-29)2-7-17(18)26/h2-10,22H,11-12,29H2,1H3,(H,30,34)(H,31,32). The number of hydrogen-bond donors (Lipinski definition) is 3. The Kier molecular flexibility index (Phi) is 7.54. The Bertz CT molecular complexity index is 1380. The molecule has 0 spiro atoms. The van der Waals surface area contributed by atoms with E-state index in [1.165, 1.54) is 12.1 Å². The first kappa shape index (κ1) is 24.9. The van der Waals surface area contributed by atoms with Crippen LogP contribution in [0.2, 0.25) is 5.02 Å². The number of nitrogens with two attached hydrogens (primary N) is 1. The molecule has 0 atom stereocenters. The summed E-state index contributed by atoms with van der Waals surface area (Å²) in [6.45, 7) is -0.509. The molecule has 7 nitrogen and oxygen atoms in total. The zero-order valence-electron chi connectivity index (χ0n) is 18.5. The van der Waals surface area contributed by atoms with E-state index in [-0.39, 0.29) is 11.3 Å². The van der Waals surface area contributed by atoms with Crippen LogP contribution < -0.4 is 21.1 Å². The van der Waals surface area contributed by atoms with Crippen LogP contribution in [0, 0.1) is 0 Å². The molecule has 0 fully saturated rings. The van der Waals surface area contributed by atoms with E-state index in [9.17, 15) is 13.6 Å². The van der Waals surface area contributed by atoms with Crippen molar-refractivity contribution in [2.24, 2.45) is 12.8 Å². The minimum Gasteiger partial charge on any atom is -0.487 e. The van der Waals surface area contributed by atoms with Gasteiger partial charge in [-0.1, -0.05) is 33.6 Å². The van der Waals surface area contributed by atoms with Crippen LogP contribution >= 0.6 is 27.5 Å². The minimum atomic E-state index is -2.70. The third-order valence-corrected chi connectivity index (χ3v) is 6.06. The molecule has 0 saturated carbocycles. The predicted octanol–water partition coefficient (Wildman–Crippen LogP) is 6.09. The maximum atomic E-state index is 13.0. The molecule has 182 valence electrons. The van der Waals surface area contributed by atoms with Gasteiger partial charge >= 0.3 is 0 Å². The maximum absolute atomic E-state index is 13.0. The number of imidazole rings is 1. The van der Waals surface area contributed by atoms with Crippen LogP contribution in [0.5, 0.6) is 5.75 Å². The summed E-state index contributed by atoms with van der Waals surface area (Å²) in [5, 5.41) is 6.40. The van der Waals surface area contributed by atoms with Crippen LogP contribution in [0.3, 0.4) is 0 Å². The molecule has 4 N–H and O–H groups in total. The van der Waals surface area contributed by atoms with Gasteiger partial charge in [0, 0.05) is 29.8 Å². The Hall–Kier alpha value is -3.21. The highest BCUT2D eigenvalue weighted by molar-refractivity contribution is 9.10. The summed E-state index contributed by atoms with van der Waals surface area (Å²) >= 11 is 9.66. The van der Waals surface area contributed by atoms with Crippen molar-refractivity contribution >= 4 is 61.8 Å². The van der Waals surface area contributed by atoms with Gasteiger partial charge in [-0.2, -0.15) is 0 Å². The maximum Gasteiger partial charge on any atom is 0.272 e. The number of hydrogen-bond acceptors (Lipinski definition) is 5. The third kappa shape index (κ3) is 5.72. The molecule has 0 aliphatic carbocycles. The fourth-order valence-electron chi connectivity index (χ4n) is 3.43. The molecule has 1 aromatic heterocycles. The van der Waals surface area contributed by atoms with E-state index in [4.69, 9.17) is 22.1 Å². The smallest absolute Gasteiger partial charge is 0.272 e. The van der Waals surface area contributed by atoms with Crippen molar-refractivity contribution in [2.45, 2.75) is 13.0 Å². The quantitative estimate of drug-likeness (QED) is 0.241. The lowest BCUT2D eigenvalue weighted by Gasteiger charge is -2.13. The summed E-state index contributed by atoms with van der Waals surface area (Å²) < 4.78 is 33.7. The van der Waals surface area contributed by atoms with Crippen molar-refractivity contribution in [3.63, 3.8) is 0 Å². The largest absolute Gasteiger partial charge is 0.487 e. The molecule has 1 heterocycles. The van der Waals surface area contributed by atoms with Gasteiger partial charge in [-0.3, -0.25) is 4.79 Å². The highest BCUT2D eigenvalue weighted by Gasteiger charge is 2.20. The number of carbonyl (C=O) groups excluding carboxylic acids is 1. The van der Waals surface area contributed by atoms with Crippen molar-refractivity contribution in [3.05, 3.63) is 75.2 Å². The zero-order valence-corrected chi connectivity index (χ0v) is 20.8. The monoisotopic (exact) mass is 563 g/mol. The topological polar surface area (TPSA) is 94.2 Å². The van der Waals surface area contributed by atoms with Gasteiger partial charge in [0.25, 0.3) is 12.3 Å². The average molecular weight is 565 g/mol. The van der Waals surface area contributed by atoms with Gasteiger partial charge in [-0.15, -0.1) is 0 Å². The third-order valence-electron chi connectivity index (χ3n) is 5.21. The molecular formula is C24H21BrClF2N5O2. The van der Waals surface area contributed by atoms with E-state index in [0.717, 1.165) is 10.0 Å². The fraction of sp³-hybridized carbons (Fsp3) is 0.167. The lowest BCUT2D eigenvalue weighted by molar-refractivity contribution is 0.0804. The molecule has 0 radical (unpaired) electrons. The molecule has 0 unspecified atom stereocenters. The Labute approximate surface area is 213 Å². The molecule has 1 amide bonds. The summed E-state index contributed by atoms with van der Waals surface area (Å²) in [6.07, 6.45) is -2.70. The molecular weight excluding hydrogens is 544 g/mol. The second-order valence-corrected chi connectivity index (χ2v) is 8.96. The molecule has 0 bridgehead atoms. The summed E-state index contributed by atoms with van der Waals surface area (Å²) in [5.41, 5.74) is 8.87. The Morgan fingerprint density at radius 1 is 1.20 bits per heavy atom. The van der Waals surface area contributed by atoms with Crippen molar-refractivity contribution in [1.82, 2.24) is 9.55 Å². The lowest BCUT2D eigenvalue weighted by Crippen LogP contribution is -2.15. The SMILES string of the molecule is Cn1c(Nc2cc(CN)ccc2Cl)nc2cc(C(=O)Nc3ccc(Br)cc3)c(OCC(F)F)cc21. The van der Waals surface area contributed by atoms with Crippen molar-refractivity contribution < 1.29 is 18.3 Å². The van der Waals surface area contributed by atoms with Gasteiger partial charge < -0.3 is 25.7 Å². The second kappa shape index (κ2) is 10.6. The molecule has 4 rings (SSSR count). The van der Waals surface area contributed by atoms with Crippen LogP contribution in [0.15, 0.2) is 59.1 Å². The van der Waals surface area contributed by atoms with Gasteiger partial charge in [0.1, 0.15) is 12.4 Å². The highest BCUT2D eigenvalue weighted by atomic mass is 79.9. The molecule has 35 heavy (non-hydrogen) atoms. The number of halogens is 4. The molecule has 0 aliphatic rings. The summed E-state index contributed by atoms with van der Waals surface area (Å²) in [4.78, 5) is 17.6. The van der Waals surface area contributed by atoms with E-state index in [2.05, 4.69) is 31.5 Å². The Balaban J connectivity index is 1.72. The van der Waals surface area contributed by atoms with E-state index in [1.807, 2.05) is 12.1 Å². The number of alkyl halides is 2. The highest BCUT2D eigenvalue weighted by Crippen LogP contribution is 2.32. The predicted molar refractivity (Wildman–Crippen MR) is 137 cm³/mol. The second-order valence-electron chi connectivity index (χ2n) is 7.64. The molecule has 3 aromatic carbocycles. The number of aryl methyl sites for hydroxylation is 1. The number of rotatable bonds is 8. The number of amides is 1. The summed E-state index contributed by atoms with van der Waals surface area (Å²) in [7, 11) is 1.75. The van der Waals surface area contributed by atoms with Crippen molar-refractivity contribution in [1.29, 1.82) is 0 Å². The van der Waals surface area contributed by atoms with Crippen molar-refractivity contribution in [3.8, 4) is 5.75 Å². The van der Waals surface area contributed by atoms with Crippen LogP contribution in [0.4, 0.5) is 26.1 Å². The van der Waals surface area contributed by atoms with E-state index in [0.29, 0.717) is 39.9 Å². The van der Waals surface area contributed by atoms with Gasteiger partial charge in [0.2, 0.25) is 5.95 Å². The number of aromatic nitrogens is 2. The first-order chi connectivity index (χ1) is 16.7. The van der Waals surface area contributed by atoms with E-state index < -0.39 is 18.9 Å². The zero-order chi connectivity index (χ0) is 25.1. The van der Waals surface area contributed by atoms with Gasteiger partial charge in [-0.25, -0.2) is 13.8 Å². The van der Waals surface area contributed by atoms with Gasteiger partial charge in [0.15, 0.2) is 0 Å². The molecule has 0 saturated heterocycles. The Morgan fingerprint density at radius 3 is 2.63 bits per heavy atom. The minimum absolute atomic E-state index is 0.0186. The fourth-order valence-corrected chi connectivity index (χ4v) is 3.86. The van der Waals surface area contributed by atoms with Crippen LogP contribution in [0.25, 0.3) is 11.0 Å².